The summed E-state index contributed by atoms with van der Waals surface area (Å²) in [5, 5.41) is 0. The number of nitrogens with one attached hydrogen (secondary N) is 1. The largest absolute Gasteiger partial charge is 0.488 e. The van der Waals surface area contributed by atoms with Crippen molar-refractivity contribution in [2.45, 2.75) is 51.7 Å². The molecule has 0 spiro atoms. The molecule has 1 aromatic heterocycles. The predicted molar refractivity (Wildman–Crippen MR) is 81.1 cm³/mol. The number of aromatic amines is 1. The lowest BCUT2D eigenvalue weighted by molar-refractivity contribution is -0.178. The number of aromatic nitrogens is 1. The maximum atomic E-state index is 6.01. The number of H-pyrrole nitrogens is 1. The molecule has 0 fully saturated rings. The minimum absolute atomic E-state index is 0.350. The number of fused-ring (bicyclic) bond motifs is 1. The molecular weight excluding hydrogens is 270 g/mol. The fourth-order valence-corrected chi connectivity index (χ4v) is 2.05. The van der Waals surface area contributed by atoms with Gasteiger partial charge in [0.05, 0.1) is 37.6 Å². The van der Waals surface area contributed by atoms with Gasteiger partial charge in [0.15, 0.2) is 11.5 Å². The van der Waals surface area contributed by atoms with Gasteiger partial charge in [-0.15, -0.1) is 0 Å². The second-order valence-electron chi connectivity index (χ2n) is 6.31. The van der Waals surface area contributed by atoms with E-state index in [1.807, 2.05) is 12.4 Å². The van der Waals surface area contributed by atoms with Crippen molar-refractivity contribution in [3.8, 4) is 11.5 Å². The average molecular weight is 297 g/mol. The Hall–Kier alpha value is -1.20. The first kappa shape index (κ1) is 16.2. The van der Waals surface area contributed by atoms with E-state index in [-0.39, 0.29) is 11.2 Å². The molecule has 1 aliphatic heterocycles. The molecular formula is C16H27NO4. The maximum absolute atomic E-state index is 6.01. The van der Waals surface area contributed by atoms with E-state index in [9.17, 15) is 0 Å². The summed E-state index contributed by atoms with van der Waals surface area (Å²) >= 11 is 0. The molecule has 0 atom stereocenters. The summed E-state index contributed by atoms with van der Waals surface area (Å²) in [7, 11) is 0. The van der Waals surface area contributed by atoms with Crippen LogP contribution in [0.25, 0.3) is 0 Å². The molecule has 1 aromatic rings. The van der Waals surface area contributed by atoms with Crippen LogP contribution in [0.1, 0.15) is 40.5 Å². The minimum Gasteiger partial charge on any atom is -0.488 e. The standard InChI is InChI=1S/C16H27NO4/c1-15(2)16(3,4)21-10-6-8-19-14-12-17-11-13(14)18-7-5-9-20-15/h11-12,17H,5-10H2,1-4H3. The molecule has 0 saturated heterocycles. The third-order valence-corrected chi connectivity index (χ3v) is 4.14. The van der Waals surface area contributed by atoms with E-state index in [1.54, 1.807) is 0 Å². The first-order valence-electron chi connectivity index (χ1n) is 7.63. The Morgan fingerprint density at radius 1 is 0.762 bits per heavy atom. The predicted octanol–water partition coefficient (Wildman–Crippen LogP) is 3.16. The van der Waals surface area contributed by atoms with Crippen molar-refractivity contribution in [3.63, 3.8) is 0 Å². The summed E-state index contributed by atoms with van der Waals surface area (Å²) in [6.07, 6.45) is 5.27. The SMILES string of the molecule is CC1(C)OCCCOc2c[nH]cc2OCCCOC1(C)C. The van der Waals surface area contributed by atoms with Gasteiger partial charge >= 0.3 is 0 Å². The summed E-state index contributed by atoms with van der Waals surface area (Å²) in [6, 6.07) is 0. The Morgan fingerprint density at radius 3 is 1.62 bits per heavy atom. The van der Waals surface area contributed by atoms with Crippen LogP contribution in [0.2, 0.25) is 0 Å². The fourth-order valence-electron chi connectivity index (χ4n) is 2.05. The second-order valence-corrected chi connectivity index (χ2v) is 6.31. The smallest absolute Gasteiger partial charge is 0.178 e. The lowest BCUT2D eigenvalue weighted by Crippen LogP contribution is -2.50. The van der Waals surface area contributed by atoms with Crippen LogP contribution in [0.3, 0.4) is 0 Å². The molecule has 5 nitrogen and oxygen atoms in total. The van der Waals surface area contributed by atoms with E-state index >= 15 is 0 Å². The normalized spacial score (nSPS) is 23.2. The van der Waals surface area contributed by atoms with Crippen LogP contribution in [0.4, 0.5) is 0 Å². The molecule has 0 unspecified atom stereocenters. The van der Waals surface area contributed by atoms with Gasteiger partial charge in [-0.1, -0.05) is 0 Å². The Balaban J connectivity index is 2.00. The second kappa shape index (κ2) is 6.71. The topological polar surface area (TPSA) is 52.7 Å². The van der Waals surface area contributed by atoms with Gasteiger partial charge in [0.1, 0.15) is 0 Å². The fraction of sp³-hybridized carbons (Fsp3) is 0.750. The minimum atomic E-state index is -0.350. The monoisotopic (exact) mass is 297 g/mol. The van der Waals surface area contributed by atoms with E-state index in [1.165, 1.54) is 0 Å². The Labute approximate surface area is 126 Å². The van der Waals surface area contributed by atoms with Gasteiger partial charge in [0.2, 0.25) is 0 Å². The Morgan fingerprint density at radius 2 is 1.19 bits per heavy atom. The zero-order chi connectivity index (χ0) is 15.3. The zero-order valence-corrected chi connectivity index (χ0v) is 13.5. The van der Waals surface area contributed by atoms with Gasteiger partial charge in [0, 0.05) is 25.2 Å². The van der Waals surface area contributed by atoms with E-state index < -0.39 is 0 Å². The molecule has 1 aliphatic rings. The van der Waals surface area contributed by atoms with Gasteiger partial charge < -0.3 is 23.9 Å². The van der Waals surface area contributed by atoms with Crippen molar-refractivity contribution >= 4 is 0 Å². The highest BCUT2D eigenvalue weighted by Gasteiger charge is 2.38. The van der Waals surface area contributed by atoms with E-state index in [0.29, 0.717) is 26.4 Å². The molecule has 0 radical (unpaired) electrons. The molecule has 21 heavy (non-hydrogen) atoms. The Kier molecular flexibility index (Phi) is 5.17. The van der Waals surface area contributed by atoms with E-state index in [0.717, 1.165) is 24.3 Å². The highest BCUT2D eigenvalue weighted by Crippen LogP contribution is 2.30. The molecule has 5 heteroatoms. The molecule has 2 heterocycles. The maximum Gasteiger partial charge on any atom is 0.178 e. The lowest BCUT2D eigenvalue weighted by atomic mass is 9.89. The van der Waals surface area contributed by atoms with E-state index in [2.05, 4.69) is 32.7 Å². The van der Waals surface area contributed by atoms with Crippen LogP contribution < -0.4 is 9.47 Å². The third-order valence-electron chi connectivity index (χ3n) is 4.14. The molecule has 120 valence electrons. The third kappa shape index (κ3) is 4.14. The number of ether oxygens (including phenoxy) is 4. The molecule has 2 rings (SSSR count). The molecule has 0 aliphatic carbocycles. The van der Waals surface area contributed by atoms with Gasteiger partial charge in [0.25, 0.3) is 0 Å². The van der Waals surface area contributed by atoms with Crippen molar-refractivity contribution in [1.29, 1.82) is 0 Å². The molecule has 0 bridgehead atoms. The number of rotatable bonds is 0. The number of hydrogen-bond acceptors (Lipinski definition) is 4. The summed E-state index contributed by atoms with van der Waals surface area (Å²) in [5.41, 5.74) is -0.700. The zero-order valence-electron chi connectivity index (χ0n) is 13.5. The van der Waals surface area contributed by atoms with Gasteiger partial charge in [-0.25, -0.2) is 0 Å². The molecule has 1 N–H and O–H groups in total. The van der Waals surface area contributed by atoms with Crippen LogP contribution in [0.5, 0.6) is 11.5 Å². The molecule has 0 aromatic carbocycles. The van der Waals surface area contributed by atoms with Crippen molar-refractivity contribution in [2.24, 2.45) is 0 Å². The summed E-state index contributed by atoms with van der Waals surface area (Å²) in [6.45, 7) is 10.8. The van der Waals surface area contributed by atoms with Crippen LogP contribution >= 0.6 is 0 Å². The number of hydrogen-bond donors (Lipinski definition) is 1. The molecule has 0 saturated carbocycles. The van der Waals surface area contributed by atoms with Crippen LogP contribution in [-0.2, 0) is 9.47 Å². The van der Waals surface area contributed by atoms with Crippen LogP contribution in [0, 0.1) is 0 Å². The van der Waals surface area contributed by atoms with Crippen molar-refractivity contribution < 1.29 is 18.9 Å². The molecule has 0 amide bonds. The van der Waals surface area contributed by atoms with Gasteiger partial charge in [-0.2, -0.15) is 0 Å². The van der Waals surface area contributed by atoms with Crippen molar-refractivity contribution in [3.05, 3.63) is 12.4 Å². The summed E-state index contributed by atoms with van der Waals surface area (Å²) in [4.78, 5) is 3.01. The lowest BCUT2D eigenvalue weighted by Gasteiger charge is -2.41. The summed E-state index contributed by atoms with van der Waals surface area (Å²) in [5.74, 6) is 1.51. The van der Waals surface area contributed by atoms with Crippen LogP contribution in [0.15, 0.2) is 12.4 Å². The first-order valence-corrected chi connectivity index (χ1v) is 7.63. The van der Waals surface area contributed by atoms with Crippen molar-refractivity contribution in [1.82, 2.24) is 4.98 Å². The van der Waals surface area contributed by atoms with Crippen LogP contribution in [-0.4, -0.2) is 42.6 Å². The quantitative estimate of drug-likeness (QED) is 0.799. The highest BCUT2D eigenvalue weighted by molar-refractivity contribution is 5.36. The average Bonchev–Trinajstić information content (AvgIpc) is 2.84. The van der Waals surface area contributed by atoms with Crippen molar-refractivity contribution in [2.75, 3.05) is 26.4 Å². The Bertz CT molecular complexity index is 401. The highest BCUT2D eigenvalue weighted by atomic mass is 16.6. The van der Waals surface area contributed by atoms with E-state index in [4.69, 9.17) is 18.9 Å². The first-order chi connectivity index (χ1) is 9.92. The van der Waals surface area contributed by atoms with Gasteiger partial charge in [-0.3, -0.25) is 0 Å². The summed E-state index contributed by atoms with van der Waals surface area (Å²) < 4.78 is 23.5. The van der Waals surface area contributed by atoms with Gasteiger partial charge in [-0.05, 0) is 27.7 Å².